The van der Waals surface area contributed by atoms with Gasteiger partial charge in [-0.3, -0.25) is 9.59 Å². The first-order chi connectivity index (χ1) is 17.0. The summed E-state index contributed by atoms with van der Waals surface area (Å²) in [6, 6.07) is 16.0. The summed E-state index contributed by atoms with van der Waals surface area (Å²) < 4.78 is 17.8. The topological polar surface area (TPSA) is 85.9 Å². The van der Waals surface area contributed by atoms with Crippen LogP contribution in [0.2, 0.25) is 5.02 Å². The number of hydrogen-bond donors (Lipinski definition) is 2. The fourth-order valence-corrected chi connectivity index (χ4v) is 4.24. The van der Waals surface area contributed by atoms with Crippen LogP contribution in [0, 0.1) is 0 Å². The Morgan fingerprint density at radius 3 is 2.19 bits per heavy atom. The van der Waals surface area contributed by atoms with Gasteiger partial charge in [0, 0.05) is 7.11 Å². The minimum atomic E-state index is -0.919. The average molecular weight is 515 g/mol. The second-order valence-electron chi connectivity index (χ2n) is 10.1. The van der Waals surface area contributed by atoms with E-state index in [0.717, 1.165) is 12.8 Å². The third-order valence-electron chi connectivity index (χ3n) is 6.82. The number of aryl methyl sites for hydroxylation is 1. The smallest absolute Gasteiger partial charge is 0.402 e. The van der Waals surface area contributed by atoms with Crippen molar-refractivity contribution in [2.75, 3.05) is 13.7 Å². The molecule has 0 spiro atoms. The largest absolute Gasteiger partial charge is 0.481 e. The summed E-state index contributed by atoms with van der Waals surface area (Å²) in [6.45, 7) is 7.92. The molecule has 1 fully saturated rings. The van der Waals surface area contributed by atoms with Gasteiger partial charge in [-0.05, 0) is 64.7 Å². The number of methoxy groups -OCH3 is 1. The number of ether oxygens (including phenoxy) is 1. The fourth-order valence-electron chi connectivity index (χ4n) is 4.01. The molecule has 1 saturated heterocycles. The average Bonchev–Trinajstić information content (AvgIpc) is 3.05. The number of rotatable bonds is 11. The zero-order chi connectivity index (χ0) is 26.3. The van der Waals surface area contributed by atoms with Crippen molar-refractivity contribution < 1.29 is 23.6 Å². The molecule has 2 atom stereocenters. The predicted octanol–water partition coefficient (Wildman–Crippen LogP) is 4.22. The van der Waals surface area contributed by atoms with Crippen LogP contribution in [0.3, 0.4) is 0 Å². The van der Waals surface area contributed by atoms with Crippen LogP contribution in [-0.2, 0) is 25.3 Å². The molecule has 2 N–H and O–H groups in total. The third kappa shape index (κ3) is 7.10. The van der Waals surface area contributed by atoms with E-state index < -0.39 is 36.2 Å². The van der Waals surface area contributed by atoms with Gasteiger partial charge >= 0.3 is 7.12 Å². The SMILES string of the molecule is COCC(NC(=O)c1ccccc1Cl)C(=O)N[C@@H](CCCc1ccccc1)B1OC(C)(C)C(C)(C)O1. The van der Waals surface area contributed by atoms with Crippen LogP contribution in [-0.4, -0.2) is 55.8 Å². The first-order valence-corrected chi connectivity index (χ1v) is 12.7. The molecule has 0 saturated carbocycles. The van der Waals surface area contributed by atoms with Crippen LogP contribution in [0.15, 0.2) is 54.6 Å². The molecule has 0 bridgehead atoms. The maximum atomic E-state index is 13.4. The Morgan fingerprint density at radius 2 is 1.58 bits per heavy atom. The van der Waals surface area contributed by atoms with E-state index in [9.17, 15) is 9.59 Å². The Labute approximate surface area is 219 Å². The lowest BCUT2D eigenvalue weighted by Crippen LogP contribution is -2.56. The summed E-state index contributed by atoms with van der Waals surface area (Å²) in [5.74, 6) is -1.25. The molecule has 2 aromatic rings. The Bertz CT molecular complexity index is 1020. The monoisotopic (exact) mass is 514 g/mol. The number of hydrogen-bond acceptors (Lipinski definition) is 5. The van der Waals surface area contributed by atoms with Crippen LogP contribution in [0.4, 0.5) is 0 Å². The van der Waals surface area contributed by atoms with Gasteiger partial charge in [-0.15, -0.1) is 0 Å². The molecule has 7 nitrogen and oxygen atoms in total. The molecule has 36 heavy (non-hydrogen) atoms. The number of halogens is 1. The van der Waals surface area contributed by atoms with Gasteiger partial charge < -0.3 is 24.7 Å². The summed E-state index contributed by atoms with van der Waals surface area (Å²) in [4.78, 5) is 26.2. The zero-order valence-electron chi connectivity index (χ0n) is 21.7. The molecule has 0 aromatic heterocycles. The van der Waals surface area contributed by atoms with Gasteiger partial charge in [0.1, 0.15) is 6.04 Å². The minimum Gasteiger partial charge on any atom is -0.402 e. The molecule has 3 rings (SSSR count). The highest BCUT2D eigenvalue weighted by Gasteiger charge is 2.54. The van der Waals surface area contributed by atoms with Gasteiger partial charge in [0.2, 0.25) is 5.91 Å². The third-order valence-corrected chi connectivity index (χ3v) is 7.15. The highest BCUT2D eigenvalue weighted by atomic mass is 35.5. The molecular formula is C27H36BClN2O5. The first-order valence-electron chi connectivity index (χ1n) is 12.3. The van der Waals surface area contributed by atoms with Gasteiger partial charge in [-0.1, -0.05) is 54.1 Å². The lowest BCUT2D eigenvalue weighted by Gasteiger charge is -2.32. The second kappa shape index (κ2) is 12.2. The summed E-state index contributed by atoms with van der Waals surface area (Å²) in [7, 11) is 0.852. The quantitative estimate of drug-likeness (QED) is 0.439. The van der Waals surface area contributed by atoms with E-state index in [1.54, 1.807) is 24.3 Å². The van der Waals surface area contributed by atoms with Crippen molar-refractivity contribution in [1.29, 1.82) is 0 Å². The number of carbonyl (C=O) groups excluding carboxylic acids is 2. The second-order valence-corrected chi connectivity index (χ2v) is 10.5. The van der Waals surface area contributed by atoms with Crippen molar-refractivity contribution in [1.82, 2.24) is 10.6 Å². The van der Waals surface area contributed by atoms with Crippen molar-refractivity contribution >= 4 is 30.5 Å². The number of benzene rings is 2. The van der Waals surface area contributed by atoms with Gasteiger partial charge in [0.25, 0.3) is 5.91 Å². The van der Waals surface area contributed by atoms with E-state index in [4.69, 9.17) is 25.6 Å². The molecule has 9 heteroatoms. The number of carbonyl (C=O) groups is 2. The standard InChI is InChI=1S/C27H36BClN2O5/c1-26(2)27(3,4)36-28(35-26)23(17-11-14-19-12-7-6-8-13-19)31-25(33)22(18-34-5)30-24(32)20-15-9-10-16-21(20)29/h6-10,12-13,15-16,22-23H,11,14,17-18H2,1-5H3,(H,30,32)(H,31,33)/t22?,23-/m0/s1. The molecule has 2 amide bonds. The molecule has 194 valence electrons. The highest BCUT2D eigenvalue weighted by Crippen LogP contribution is 2.38. The first kappa shape index (κ1) is 28.2. The normalized spacial score (nSPS) is 17.9. The summed E-state index contributed by atoms with van der Waals surface area (Å²) in [6.07, 6.45) is 2.31. The molecule has 1 heterocycles. The summed E-state index contributed by atoms with van der Waals surface area (Å²) in [5, 5.41) is 6.11. The molecular weight excluding hydrogens is 479 g/mol. The lowest BCUT2D eigenvalue weighted by atomic mass is 9.75. The molecule has 0 aliphatic carbocycles. The molecule has 1 unspecified atom stereocenters. The maximum absolute atomic E-state index is 13.4. The Kier molecular flexibility index (Phi) is 9.58. The molecule has 1 aliphatic heterocycles. The van der Waals surface area contributed by atoms with Crippen molar-refractivity contribution in [3.05, 3.63) is 70.7 Å². The van der Waals surface area contributed by atoms with Crippen molar-refractivity contribution in [3.63, 3.8) is 0 Å². The fraction of sp³-hybridized carbons (Fsp3) is 0.481. The van der Waals surface area contributed by atoms with E-state index in [1.807, 2.05) is 45.9 Å². The molecule has 2 aromatic carbocycles. The van der Waals surface area contributed by atoms with E-state index >= 15 is 0 Å². The van der Waals surface area contributed by atoms with E-state index in [-0.39, 0.29) is 12.5 Å². The van der Waals surface area contributed by atoms with Crippen molar-refractivity contribution in [2.45, 2.75) is 70.1 Å². The van der Waals surface area contributed by atoms with Crippen LogP contribution >= 0.6 is 11.6 Å². The van der Waals surface area contributed by atoms with Crippen LogP contribution in [0.5, 0.6) is 0 Å². The van der Waals surface area contributed by atoms with Gasteiger partial charge in [0.05, 0.1) is 34.3 Å². The highest BCUT2D eigenvalue weighted by molar-refractivity contribution is 6.48. The lowest BCUT2D eigenvalue weighted by molar-refractivity contribution is -0.124. The molecule has 0 radical (unpaired) electrons. The van der Waals surface area contributed by atoms with Crippen LogP contribution in [0.25, 0.3) is 0 Å². The van der Waals surface area contributed by atoms with E-state index in [2.05, 4.69) is 22.8 Å². The van der Waals surface area contributed by atoms with Gasteiger partial charge in [-0.25, -0.2) is 0 Å². The number of amides is 2. The van der Waals surface area contributed by atoms with Gasteiger partial charge in [-0.2, -0.15) is 0 Å². The Hall–Kier alpha value is -2.39. The van der Waals surface area contributed by atoms with E-state index in [0.29, 0.717) is 17.0 Å². The van der Waals surface area contributed by atoms with Crippen molar-refractivity contribution in [3.8, 4) is 0 Å². The Morgan fingerprint density at radius 1 is 0.972 bits per heavy atom. The minimum absolute atomic E-state index is 0.00211. The van der Waals surface area contributed by atoms with E-state index in [1.165, 1.54) is 12.7 Å². The summed E-state index contributed by atoms with van der Waals surface area (Å²) >= 11 is 6.17. The van der Waals surface area contributed by atoms with Crippen LogP contribution in [0.1, 0.15) is 56.5 Å². The van der Waals surface area contributed by atoms with Crippen LogP contribution < -0.4 is 10.6 Å². The predicted molar refractivity (Wildman–Crippen MR) is 142 cm³/mol. The van der Waals surface area contributed by atoms with Gasteiger partial charge in [0.15, 0.2) is 0 Å². The van der Waals surface area contributed by atoms with Crippen molar-refractivity contribution in [2.24, 2.45) is 0 Å². The maximum Gasteiger partial charge on any atom is 0.481 e. The molecule has 1 aliphatic rings. The Balaban J connectivity index is 1.72. The zero-order valence-corrected chi connectivity index (χ0v) is 22.4. The summed E-state index contributed by atoms with van der Waals surface area (Å²) in [5.41, 5.74) is 0.438. The number of nitrogens with one attached hydrogen (secondary N) is 2.